The van der Waals surface area contributed by atoms with E-state index >= 15 is 0 Å². The van der Waals surface area contributed by atoms with Gasteiger partial charge in [-0.25, -0.2) is 4.98 Å². The Labute approximate surface area is 161 Å². The van der Waals surface area contributed by atoms with Crippen LogP contribution in [0.5, 0.6) is 0 Å². The minimum absolute atomic E-state index is 0.944. The number of allylic oxidation sites excluding steroid dienone is 3. The molecule has 1 aromatic carbocycles. The molecule has 1 aliphatic rings. The molecule has 0 bridgehead atoms. The summed E-state index contributed by atoms with van der Waals surface area (Å²) in [6.45, 7) is 12.3. The zero-order valence-corrected chi connectivity index (χ0v) is 16.3. The maximum absolute atomic E-state index is 4.82. The van der Waals surface area contributed by atoms with Crippen molar-refractivity contribution in [2.45, 2.75) is 13.5 Å². The SMILES string of the molecule is C=C/C(=C\C=C/C)CN1CCN(Cc2csc(-c3ccccc3)n2)CC1. The standard InChI is InChI=1S/C22H27N3S/c1-3-5-9-19(4-2)16-24-12-14-25(15-13-24)17-21-18-26-22(23-21)20-10-7-6-8-11-20/h3-11,18H,2,12-17H2,1H3/b5-3-,19-9+. The number of thiazole rings is 1. The predicted octanol–water partition coefficient (Wildman–Crippen LogP) is 4.62. The largest absolute Gasteiger partial charge is 0.297 e. The fourth-order valence-corrected chi connectivity index (χ4v) is 3.91. The highest BCUT2D eigenvalue weighted by molar-refractivity contribution is 7.13. The Morgan fingerprint density at radius 3 is 2.58 bits per heavy atom. The number of hydrogen-bond donors (Lipinski definition) is 0. The van der Waals surface area contributed by atoms with Crippen LogP contribution in [0.15, 0.2) is 72.2 Å². The fraction of sp³-hybridized carbons (Fsp3) is 0.318. The molecule has 2 aromatic rings. The third-order valence-corrected chi connectivity index (χ3v) is 5.53. The highest BCUT2D eigenvalue weighted by atomic mass is 32.1. The number of nitrogens with zero attached hydrogens (tertiary/aromatic N) is 3. The molecule has 1 fully saturated rings. The number of aromatic nitrogens is 1. The fourth-order valence-electron chi connectivity index (χ4n) is 3.09. The van der Waals surface area contributed by atoms with Gasteiger partial charge in [0.15, 0.2) is 0 Å². The van der Waals surface area contributed by atoms with Crippen molar-refractivity contribution in [1.82, 2.24) is 14.8 Å². The lowest BCUT2D eigenvalue weighted by molar-refractivity contribution is 0.134. The van der Waals surface area contributed by atoms with Gasteiger partial charge in [-0.05, 0) is 12.5 Å². The summed E-state index contributed by atoms with van der Waals surface area (Å²) in [6.07, 6.45) is 8.26. The van der Waals surface area contributed by atoms with Crippen molar-refractivity contribution in [3.05, 3.63) is 77.9 Å². The molecule has 136 valence electrons. The maximum Gasteiger partial charge on any atom is 0.123 e. The molecule has 0 unspecified atom stereocenters. The Hall–Kier alpha value is -2.01. The van der Waals surface area contributed by atoms with Crippen LogP contribution in [0.25, 0.3) is 10.6 Å². The van der Waals surface area contributed by atoms with Gasteiger partial charge in [0.05, 0.1) is 5.69 Å². The van der Waals surface area contributed by atoms with Crippen molar-refractivity contribution >= 4 is 11.3 Å². The van der Waals surface area contributed by atoms with E-state index in [4.69, 9.17) is 4.98 Å². The van der Waals surface area contributed by atoms with Gasteiger partial charge in [0.25, 0.3) is 0 Å². The van der Waals surface area contributed by atoms with E-state index in [1.54, 1.807) is 11.3 Å². The van der Waals surface area contributed by atoms with E-state index in [0.717, 1.165) is 44.3 Å². The second kappa shape index (κ2) is 9.62. The molecule has 0 saturated carbocycles. The molecule has 0 N–H and O–H groups in total. The molecule has 0 amide bonds. The van der Waals surface area contributed by atoms with Crippen molar-refractivity contribution in [1.29, 1.82) is 0 Å². The minimum Gasteiger partial charge on any atom is -0.297 e. The average Bonchev–Trinajstić information content (AvgIpc) is 3.15. The zero-order chi connectivity index (χ0) is 18.2. The van der Waals surface area contributed by atoms with E-state index in [-0.39, 0.29) is 0 Å². The van der Waals surface area contributed by atoms with Gasteiger partial charge in [0.1, 0.15) is 5.01 Å². The Morgan fingerprint density at radius 1 is 1.15 bits per heavy atom. The van der Waals surface area contributed by atoms with Gasteiger partial charge in [0.2, 0.25) is 0 Å². The van der Waals surface area contributed by atoms with Crippen LogP contribution in [0, 0.1) is 0 Å². The first-order valence-electron chi connectivity index (χ1n) is 9.17. The Balaban J connectivity index is 1.50. The van der Waals surface area contributed by atoms with Crippen molar-refractivity contribution in [2.75, 3.05) is 32.7 Å². The number of hydrogen-bond acceptors (Lipinski definition) is 4. The van der Waals surface area contributed by atoms with Gasteiger partial charge < -0.3 is 0 Å². The maximum atomic E-state index is 4.82. The monoisotopic (exact) mass is 365 g/mol. The van der Waals surface area contributed by atoms with E-state index < -0.39 is 0 Å². The summed E-state index contributed by atoms with van der Waals surface area (Å²) >= 11 is 1.74. The summed E-state index contributed by atoms with van der Waals surface area (Å²) in [5.74, 6) is 0. The third-order valence-electron chi connectivity index (χ3n) is 4.59. The van der Waals surface area contributed by atoms with Crippen LogP contribution in [0.2, 0.25) is 0 Å². The summed E-state index contributed by atoms with van der Waals surface area (Å²) in [6, 6.07) is 10.4. The molecule has 4 heteroatoms. The quantitative estimate of drug-likeness (QED) is 0.668. The van der Waals surface area contributed by atoms with E-state index in [1.165, 1.54) is 16.8 Å². The molecule has 1 aromatic heterocycles. The summed E-state index contributed by atoms with van der Waals surface area (Å²) in [4.78, 5) is 9.83. The normalized spacial score (nSPS) is 17.0. The molecule has 0 radical (unpaired) electrons. The van der Waals surface area contributed by atoms with Crippen molar-refractivity contribution in [3.63, 3.8) is 0 Å². The first-order chi connectivity index (χ1) is 12.8. The molecule has 3 rings (SSSR count). The van der Waals surface area contributed by atoms with Crippen LogP contribution in [0.1, 0.15) is 12.6 Å². The van der Waals surface area contributed by atoms with Crippen LogP contribution in [-0.4, -0.2) is 47.5 Å². The molecule has 1 aliphatic heterocycles. The van der Waals surface area contributed by atoms with Crippen LogP contribution in [-0.2, 0) is 6.54 Å². The van der Waals surface area contributed by atoms with Gasteiger partial charge >= 0.3 is 0 Å². The van der Waals surface area contributed by atoms with E-state index in [2.05, 4.69) is 64.3 Å². The number of piperazine rings is 1. The van der Waals surface area contributed by atoms with E-state index in [0.29, 0.717) is 0 Å². The van der Waals surface area contributed by atoms with Crippen molar-refractivity contribution in [2.24, 2.45) is 0 Å². The number of rotatable bonds is 7. The van der Waals surface area contributed by atoms with Gasteiger partial charge in [-0.3, -0.25) is 9.80 Å². The summed E-state index contributed by atoms with van der Waals surface area (Å²) in [7, 11) is 0. The van der Waals surface area contributed by atoms with Crippen LogP contribution < -0.4 is 0 Å². The molecular formula is C22H27N3S. The second-order valence-corrected chi connectivity index (χ2v) is 7.39. The first-order valence-corrected chi connectivity index (χ1v) is 10.1. The third kappa shape index (κ3) is 5.24. The molecular weight excluding hydrogens is 338 g/mol. The molecule has 26 heavy (non-hydrogen) atoms. The molecule has 3 nitrogen and oxygen atoms in total. The van der Waals surface area contributed by atoms with Crippen LogP contribution in [0.4, 0.5) is 0 Å². The smallest absolute Gasteiger partial charge is 0.123 e. The second-order valence-electron chi connectivity index (χ2n) is 6.53. The van der Waals surface area contributed by atoms with Crippen LogP contribution in [0.3, 0.4) is 0 Å². The minimum atomic E-state index is 0.944. The van der Waals surface area contributed by atoms with Gasteiger partial charge in [-0.2, -0.15) is 0 Å². The molecule has 2 heterocycles. The van der Waals surface area contributed by atoms with Gasteiger partial charge in [-0.1, -0.05) is 61.2 Å². The highest BCUT2D eigenvalue weighted by Crippen LogP contribution is 2.24. The van der Waals surface area contributed by atoms with Crippen molar-refractivity contribution < 1.29 is 0 Å². The Kier molecular flexibility index (Phi) is 6.95. The summed E-state index contributed by atoms with van der Waals surface area (Å²) in [5, 5.41) is 3.31. The molecule has 0 atom stereocenters. The molecule has 0 aliphatic carbocycles. The summed E-state index contributed by atoms with van der Waals surface area (Å²) < 4.78 is 0. The van der Waals surface area contributed by atoms with Crippen molar-refractivity contribution in [3.8, 4) is 10.6 Å². The van der Waals surface area contributed by atoms with Crippen LogP contribution >= 0.6 is 11.3 Å². The lowest BCUT2D eigenvalue weighted by atomic mass is 10.2. The highest BCUT2D eigenvalue weighted by Gasteiger charge is 2.18. The predicted molar refractivity (Wildman–Crippen MR) is 112 cm³/mol. The average molecular weight is 366 g/mol. The Morgan fingerprint density at radius 2 is 1.88 bits per heavy atom. The van der Waals surface area contributed by atoms with E-state index in [1.807, 2.05) is 19.1 Å². The zero-order valence-electron chi connectivity index (χ0n) is 15.5. The number of benzene rings is 1. The molecule has 1 saturated heterocycles. The van der Waals surface area contributed by atoms with Gasteiger partial charge in [0, 0.05) is 50.2 Å². The summed E-state index contributed by atoms with van der Waals surface area (Å²) in [5.41, 5.74) is 3.67. The van der Waals surface area contributed by atoms with Gasteiger partial charge in [-0.15, -0.1) is 11.3 Å². The topological polar surface area (TPSA) is 19.4 Å². The lowest BCUT2D eigenvalue weighted by Crippen LogP contribution is -2.46. The lowest BCUT2D eigenvalue weighted by Gasteiger charge is -2.34. The van der Waals surface area contributed by atoms with E-state index in [9.17, 15) is 0 Å². The first kappa shape index (κ1) is 18.8. The molecule has 0 spiro atoms. The Bertz CT molecular complexity index is 753.